The molecule has 4 aliphatic rings. The van der Waals surface area contributed by atoms with Gasteiger partial charge < -0.3 is 30.2 Å². The molecule has 2 saturated carbocycles. The number of aliphatic hydroxyl groups excluding tert-OH is 1. The number of nitrogens with zero attached hydrogens (tertiary/aromatic N) is 4. The molecule has 12 heteroatoms. The second-order valence-corrected chi connectivity index (χ2v) is 17.6. The molecule has 5 unspecified atom stereocenters. The van der Waals surface area contributed by atoms with Crippen LogP contribution in [0.5, 0.6) is 0 Å². The summed E-state index contributed by atoms with van der Waals surface area (Å²) in [5.41, 5.74) is 7.16. The number of amides is 3. The summed E-state index contributed by atoms with van der Waals surface area (Å²) in [6.45, 7) is 1.23. The lowest BCUT2D eigenvalue weighted by Crippen LogP contribution is -2.45. The van der Waals surface area contributed by atoms with Crippen molar-refractivity contribution < 1.29 is 19.5 Å². The van der Waals surface area contributed by atoms with Crippen molar-refractivity contribution in [1.29, 1.82) is 0 Å². The van der Waals surface area contributed by atoms with E-state index in [1.807, 2.05) is 88.8 Å². The summed E-state index contributed by atoms with van der Waals surface area (Å²) >= 11 is 0. The van der Waals surface area contributed by atoms with Gasteiger partial charge in [0, 0.05) is 24.6 Å². The monoisotopic (exact) mass is 852 g/mol. The van der Waals surface area contributed by atoms with Gasteiger partial charge in [0.05, 0.1) is 30.2 Å². The van der Waals surface area contributed by atoms with E-state index >= 15 is 0 Å². The lowest BCUT2D eigenvalue weighted by atomic mass is 10.0. The number of carbonyl (C=O) groups is 3. The van der Waals surface area contributed by atoms with Crippen molar-refractivity contribution in [2.24, 2.45) is 11.8 Å². The highest BCUT2D eigenvalue weighted by Gasteiger charge is 2.41. The van der Waals surface area contributed by atoms with Crippen molar-refractivity contribution in [3.63, 3.8) is 0 Å². The molecule has 4 heterocycles. The van der Waals surface area contributed by atoms with Crippen LogP contribution in [-0.2, 0) is 14.4 Å². The van der Waals surface area contributed by atoms with E-state index in [1.165, 1.54) is 0 Å². The molecule has 3 amide bonds. The quantitative estimate of drug-likeness (QED) is 0.0594. The van der Waals surface area contributed by atoms with Gasteiger partial charge in [0.2, 0.25) is 17.7 Å². The molecule has 5 N–H and O–H groups in total. The van der Waals surface area contributed by atoms with Gasteiger partial charge in [0.15, 0.2) is 0 Å². The number of aliphatic hydroxyl groups is 1. The molecule has 0 radical (unpaired) electrons. The first kappa shape index (κ1) is 41.2. The Kier molecular flexibility index (Phi) is 11.7. The van der Waals surface area contributed by atoms with Gasteiger partial charge >= 0.3 is 0 Å². The van der Waals surface area contributed by atoms with Gasteiger partial charge in [-0.05, 0) is 103 Å². The first-order chi connectivity index (χ1) is 31.4. The van der Waals surface area contributed by atoms with Crippen LogP contribution in [0.3, 0.4) is 0 Å². The highest BCUT2D eigenvalue weighted by atomic mass is 16.3. The number of rotatable bonds is 13. The second-order valence-electron chi connectivity index (χ2n) is 17.6. The molecule has 64 heavy (non-hydrogen) atoms. The van der Waals surface area contributed by atoms with Crippen LogP contribution in [0.15, 0.2) is 122 Å². The molecule has 4 aromatic carbocycles. The Morgan fingerprint density at radius 1 is 0.625 bits per heavy atom. The number of carbonyl (C=O) groups excluding carboxylic acids is 3. The van der Waals surface area contributed by atoms with Gasteiger partial charge in [0.1, 0.15) is 35.7 Å². The lowest BCUT2D eigenvalue weighted by Gasteiger charge is -2.30. The molecule has 2 saturated heterocycles. The fourth-order valence-corrected chi connectivity index (χ4v) is 9.12. The predicted octanol–water partition coefficient (Wildman–Crippen LogP) is 7.52. The highest BCUT2D eigenvalue weighted by molar-refractivity contribution is 5.90. The number of hydrogen-bond donors (Lipinski definition) is 5. The molecule has 4 fully saturated rings. The highest BCUT2D eigenvalue weighted by Crippen LogP contribution is 2.37. The maximum absolute atomic E-state index is 14.1. The van der Waals surface area contributed by atoms with E-state index in [4.69, 9.17) is 4.98 Å². The van der Waals surface area contributed by atoms with E-state index in [0.29, 0.717) is 24.6 Å². The van der Waals surface area contributed by atoms with Crippen molar-refractivity contribution in [3.8, 4) is 34.2 Å². The maximum atomic E-state index is 14.1. The molecule has 10 rings (SSSR count). The van der Waals surface area contributed by atoms with Crippen LogP contribution in [-0.4, -0.2) is 71.9 Å². The molecule has 6 aromatic rings. The molecule has 0 spiro atoms. The largest absolute Gasteiger partial charge is 0.378 e. The van der Waals surface area contributed by atoms with Crippen LogP contribution in [0, 0.1) is 23.7 Å². The van der Waals surface area contributed by atoms with E-state index < -0.39 is 18.3 Å². The molecule has 12 nitrogen and oxygen atoms in total. The third kappa shape index (κ3) is 9.00. The zero-order valence-electron chi connectivity index (χ0n) is 35.6. The Bertz CT molecular complexity index is 2660. The van der Waals surface area contributed by atoms with Crippen LogP contribution in [0.2, 0.25) is 0 Å². The Labute approximate surface area is 372 Å². The first-order valence-electron chi connectivity index (χ1n) is 22.6. The normalized spacial score (nSPS) is 19.7. The lowest BCUT2D eigenvalue weighted by molar-refractivity contribution is -0.138. The fourth-order valence-electron chi connectivity index (χ4n) is 9.12. The van der Waals surface area contributed by atoms with Crippen LogP contribution in [0.4, 0.5) is 0 Å². The van der Waals surface area contributed by atoms with E-state index in [0.717, 1.165) is 96.3 Å². The SMILES string of the molecule is O=C(NC(C(=O)N1CCCC1c1ncc(-c2ccc(-c3ccc(C#Cc4cnc(C5CCCN5C(=O)C(NC(O)C5CC5)c5ccccc5)[nH]4)cc3)cc2)[nH]1)c1ccccc1)C1CC1. The second kappa shape index (κ2) is 18.1. The van der Waals surface area contributed by atoms with Gasteiger partial charge in [0.25, 0.3) is 0 Å². The molecule has 0 bridgehead atoms. The van der Waals surface area contributed by atoms with Crippen LogP contribution in [0.25, 0.3) is 22.4 Å². The molecule has 324 valence electrons. The van der Waals surface area contributed by atoms with Crippen molar-refractivity contribution in [2.75, 3.05) is 13.1 Å². The maximum Gasteiger partial charge on any atom is 0.250 e. The Balaban J connectivity index is 0.774. The number of imidazole rings is 2. The first-order valence-corrected chi connectivity index (χ1v) is 22.6. The number of aromatic nitrogens is 4. The van der Waals surface area contributed by atoms with E-state index in [9.17, 15) is 19.5 Å². The van der Waals surface area contributed by atoms with Crippen LogP contribution < -0.4 is 10.6 Å². The van der Waals surface area contributed by atoms with Crippen molar-refractivity contribution in [2.45, 2.75) is 81.8 Å². The third-order valence-corrected chi connectivity index (χ3v) is 13.1. The smallest absolute Gasteiger partial charge is 0.250 e. The minimum absolute atomic E-state index is 0.00164. The summed E-state index contributed by atoms with van der Waals surface area (Å²) in [4.78, 5) is 61.0. The van der Waals surface area contributed by atoms with Gasteiger partial charge in [-0.25, -0.2) is 9.97 Å². The number of likely N-dealkylation sites (tertiary alicyclic amines) is 2. The number of aromatic amines is 2. The van der Waals surface area contributed by atoms with Crippen LogP contribution >= 0.6 is 0 Å². The van der Waals surface area contributed by atoms with Gasteiger partial charge in [-0.3, -0.25) is 19.7 Å². The number of benzene rings is 4. The zero-order valence-corrected chi connectivity index (χ0v) is 35.6. The van der Waals surface area contributed by atoms with Gasteiger partial charge in [-0.1, -0.05) is 103 Å². The minimum atomic E-state index is -0.730. The number of nitrogens with one attached hydrogen (secondary N) is 4. The van der Waals surface area contributed by atoms with Crippen molar-refractivity contribution in [3.05, 3.63) is 156 Å². The van der Waals surface area contributed by atoms with E-state index in [2.05, 4.69) is 73.8 Å². The molecule has 5 atom stereocenters. The summed E-state index contributed by atoms with van der Waals surface area (Å²) in [6, 6.07) is 33.8. The fraction of sp³-hybridized carbons (Fsp3) is 0.327. The van der Waals surface area contributed by atoms with Crippen molar-refractivity contribution in [1.82, 2.24) is 40.4 Å². The average molecular weight is 853 g/mol. The Hall–Kier alpha value is -6.81. The minimum Gasteiger partial charge on any atom is -0.378 e. The zero-order chi connectivity index (χ0) is 43.6. The summed E-state index contributed by atoms with van der Waals surface area (Å²) in [6.07, 6.45) is 9.84. The van der Waals surface area contributed by atoms with Crippen LogP contribution in [0.1, 0.15) is 110 Å². The standard InChI is InChI=1S/C52H52N8O4/c61-49(39-24-25-39)57-45(37-9-3-1-4-10-37)51(63)59-29-7-13-43(59)47-53-31-41(55-47)28-17-33-15-18-34(19-16-33)35-20-22-36(23-21-35)42-32-54-48(56-42)44-14-8-30-60(44)52(64)46(38-11-5-2-6-12-38)58-50(62)40-26-27-40/h1-6,9-12,15-16,18-23,31-32,39-40,43-46,49,57,61H,7-8,13-14,24-27,29-30H2,(H,53,55)(H,54,56)(H,58,62). The topological polar surface area (TPSA) is 159 Å². The number of H-pyrrole nitrogens is 2. The third-order valence-electron chi connectivity index (χ3n) is 13.1. The molecular weight excluding hydrogens is 801 g/mol. The average Bonchev–Trinajstić information content (AvgIpc) is 4.10. The molecular formula is C52H52N8O4. The Morgan fingerprint density at radius 2 is 1.17 bits per heavy atom. The summed E-state index contributed by atoms with van der Waals surface area (Å²) in [7, 11) is 0. The molecule has 2 aliphatic carbocycles. The Morgan fingerprint density at radius 3 is 1.78 bits per heavy atom. The molecule has 2 aliphatic heterocycles. The van der Waals surface area contributed by atoms with E-state index in [-0.39, 0.29) is 41.6 Å². The summed E-state index contributed by atoms with van der Waals surface area (Å²) in [5, 5.41) is 17.0. The number of hydrogen-bond acceptors (Lipinski definition) is 7. The van der Waals surface area contributed by atoms with Crippen molar-refractivity contribution >= 4 is 17.7 Å². The van der Waals surface area contributed by atoms with E-state index in [1.54, 1.807) is 6.20 Å². The van der Waals surface area contributed by atoms with Gasteiger partial charge in [-0.2, -0.15) is 0 Å². The predicted molar refractivity (Wildman–Crippen MR) is 243 cm³/mol. The summed E-state index contributed by atoms with van der Waals surface area (Å²) in [5.74, 6) is 7.91. The molecule has 2 aromatic heterocycles. The van der Waals surface area contributed by atoms with Gasteiger partial charge in [-0.15, -0.1) is 0 Å². The summed E-state index contributed by atoms with van der Waals surface area (Å²) < 4.78 is 0.